The molecule has 1 amide bonds. The number of carbonyl (C=O) groups excluding carboxylic acids is 2. The van der Waals surface area contributed by atoms with Crippen molar-refractivity contribution in [2.75, 3.05) is 11.9 Å². The predicted molar refractivity (Wildman–Crippen MR) is 85.0 cm³/mol. The van der Waals surface area contributed by atoms with E-state index in [0.29, 0.717) is 10.7 Å². The first-order valence-corrected chi connectivity index (χ1v) is 7.41. The first-order chi connectivity index (χ1) is 10.7. The molecule has 0 aliphatic rings. The largest absolute Gasteiger partial charge is 0.452 e. The van der Waals surface area contributed by atoms with Crippen LogP contribution < -0.4 is 5.32 Å². The smallest absolute Gasteiger partial charge is 0.338 e. The number of ether oxygens (including phenoxy) is 1. The second-order valence-electron chi connectivity index (χ2n) is 4.48. The molecule has 0 spiro atoms. The number of esters is 1. The fourth-order valence-corrected chi connectivity index (χ4v) is 2.75. The summed E-state index contributed by atoms with van der Waals surface area (Å²) >= 11 is 1.37. The van der Waals surface area contributed by atoms with Gasteiger partial charge in [-0.05, 0) is 24.3 Å². The van der Waals surface area contributed by atoms with E-state index in [1.807, 2.05) is 24.3 Å². The van der Waals surface area contributed by atoms with Crippen molar-refractivity contribution >= 4 is 38.6 Å². The molecule has 6 heteroatoms. The van der Waals surface area contributed by atoms with Gasteiger partial charge in [-0.1, -0.05) is 41.7 Å². The lowest BCUT2D eigenvalue weighted by Gasteiger charge is -2.04. The molecule has 0 aliphatic heterocycles. The van der Waals surface area contributed by atoms with Crippen LogP contribution in [0.3, 0.4) is 0 Å². The molecule has 0 fully saturated rings. The highest BCUT2D eigenvalue weighted by atomic mass is 32.1. The summed E-state index contributed by atoms with van der Waals surface area (Å²) in [6, 6.07) is 16.1. The van der Waals surface area contributed by atoms with Crippen LogP contribution in [0.15, 0.2) is 54.6 Å². The van der Waals surface area contributed by atoms with Crippen LogP contribution in [-0.2, 0) is 9.53 Å². The number of hydrogen-bond donors (Lipinski definition) is 1. The molecule has 2 aromatic carbocycles. The van der Waals surface area contributed by atoms with Gasteiger partial charge in [-0.25, -0.2) is 9.78 Å². The zero-order valence-corrected chi connectivity index (χ0v) is 12.3. The van der Waals surface area contributed by atoms with E-state index in [9.17, 15) is 9.59 Å². The van der Waals surface area contributed by atoms with Crippen LogP contribution in [0.1, 0.15) is 10.4 Å². The van der Waals surface area contributed by atoms with Gasteiger partial charge in [0, 0.05) is 0 Å². The van der Waals surface area contributed by atoms with Crippen LogP contribution in [0.5, 0.6) is 0 Å². The number of thiazole rings is 1. The minimum atomic E-state index is -0.528. The summed E-state index contributed by atoms with van der Waals surface area (Å²) in [6.45, 7) is -0.344. The van der Waals surface area contributed by atoms with Crippen LogP contribution in [0.2, 0.25) is 0 Å². The Labute approximate surface area is 130 Å². The van der Waals surface area contributed by atoms with Gasteiger partial charge >= 0.3 is 5.97 Å². The number of anilines is 1. The summed E-state index contributed by atoms with van der Waals surface area (Å²) in [5.74, 6) is -0.941. The van der Waals surface area contributed by atoms with E-state index < -0.39 is 11.9 Å². The molecule has 0 unspecified atom stereocenters. The number of nitrogens with zero attached hydrogens (tertiary/aromatic N) is 1. The van der Waals surface area contributed by atoms with Crippen LogP contribution in [-0.4, -0.2) is 23.5 Å². The number of fused-ring (bicyclic) bond motifs is 1. The molecule has 1 heterocycles. The lowest BCUT2D eigenvalue weighted by Crippen LogP contribution is -2.20. The molecule has 3 aromatic rings. The minimum absolute atomic E-state index is 0.344. The topological polar surface area (TPSA) is 68.3 Å². The van der Waals surface area contributed by atoms with E-state index in [0.717, 1.165) is 10.2 Å². The van der Waals surface area contributed by atoms with E-state index >= 15 is 0 Å². The molecule has 5 nitrogen and oxygen atoms in total. The molecule has 3 rings (SSSR count). The van der Waals surface area contributed by atoms with Crippen LogP contribution in [0.4, 0.5) is 5.13 Å². The van der Waals surface area contributed by atoms with Gasteiger partial charge in [0.05, 0.1) is 15.8 Å². The Hall–Kier alpha value is -2.73. The summed E-state index contributed by atoms with van der Waals surface area (Å²) < 4.78 is 5.95. The van der Waals surface area contributed by atoms with Gasteiger partial charge < -0.3 is 4.74 Å². The normalized spacial score (nSPS) is 10.4. The summed E-state index contributed by atoms with van der Waals surface area (Å²) in [6.07, 6.45) is 0. The zero-order chi connectivity index (χ0) is 15.4. The van der Waals surface area contributed by atoms with Gasteiger partial charge in [0.1, 0.15) is 0 Å². The Kier molecular flexibility index (Phi) is 4.11. The SMILES string of the molecule is O=C(COC(=O)c1ccccc1)Nc1nc2ccccc2s1. The highest BCUT2D eigenvalue weighted by Crippen LogP contribution is 2.25. The van der Waals surface area contributed by atoms with E-state index in [4.69, 9.17) is 4.74 Å². The maximum absolute atomic E-state index is 11.8. The number of nitrogens with one attached hydrogen (secondary N) is 1. The molecule has 22 heavy (non-hydrogen) atoms. The molecule has 0 atom stereocenters. The van der Waals surface area contributed by atoms with E-state index in [1.165, 1.54) is 11.3 Å². The quantitative estimate of drug-likeness (QED) is 0.752. The van der Waals surface area contributed by atoms with Gasteiger partial charge in [0.2, 0.25) is 0 Å². The minimum Gasteiger partial charge on any atom is -0.452 e. The number of carbonyl (C=O) groups is 2. The van der Waals surface area contributed by atoms with Crippen LogP contribution in [0, 0.1) is 0 Å². The molecular weight excluding hydrogens is 300 g/mol. The first-order valence-electron chi connectivity index (χ1n) is 6.60. The Bertz CT molecular complexity index is 781. The maximum Gasteiger partial charge on any atom is 0.338 e. The van der Waals surface area contributed by atoms with Crippen LogP contribution in [0.25, 0.3) is 10.2 Å². The number of rotatable bonds is 4. The van der Waals surface area contributed by atoms with Crippen molar-refractivity contribution in [1.82, 2.24) is 4.98 Å². The molecule has 0 saturated heterocycles. The van der Waals surface area contributed by atoms with E-state index in [1.54, 1.807) is 30.3 Å². The Morgan fingerprint density at radius 2 is 1.77 bits per heavy atom. The van der Waals surface area contributed by atoms with Crippen molar-refractivity contribution in [2.24, 2.45) is 0 Å². The van der Waals surface area contributed by atoms with Gasteiger partial charge in [-0.15, -0.1) is 0 Å². The molecular formula is C16H12N2O3S. The highest BCUT2D eigenvalue weighted by Gasteiger charge is 2.11. The standard InChI is InChI=1S/C16H12N2O3S/c19-14(10-21-15(20)11-6-2-1-3-7-11)18-16-17-12-8-4-5-9-13(12)22-16/h1-9H,10H2,(H,17,18,19). The third-order valence-electron chi connectivity index (χ3n) is 2.88. The third kappa shape index (κ3) is 3.29. The molecule has 0 saturated carbocycles. The summed E-state index contributed by atoms with van der Waals surface area (Å²) in [7, 11) is 0. The first kappa shape index (κ1) is 14.2. The highest BCUT2D eigenvalue weighted by molar-refractivity contribution is 7.22. The molecule has 0 radical (unpaired) electrons. The van der Waals surface area contributed by atoms with Crippen molar-refractivity contribution in [1.29, 1.82) is 0 Å². The van der Waals surface area contributed by atoms with Crippen molar-refractivity contribution in [3.63, 3.8) is 0 Å². The second kappa shape index (κ2) is 6.36. The molecule has 1 aromatic heterocycles. The number of amides is 1. The van der Waals surface area contributed by atoms with Crippen LogP contribution >= 0.6 is 11.3 Å². The van der Waals surface area contributed by atoms with Crippen molar-refractivity contribution in [3.8, 4) is 0 Å². The monoisotopic (exact) mass is 312 g/mol. The average molecular weight is 312 g/mol. The lowest BCUT2D eigenvalue weighted by atomic mass is 10.2. The maximum atomic E-state index is 11.8. The number of para-hydroxylation sites is 1. The van der Waals surface area contributed by atoms with Gasteiger partial charge in [0.15, 0.2) is 11.7 Å². The summed E-state index contributed by atoms with van der Waals surface area (Å²) in [5, 5.41) is 3.12. The van der Waals surface area contributed by atoms with Gasteiger partial charge in [-0.2, -0.15) is 0 Å². The Balaban J connectivity index is 1.57. The third-order valence-corrected chi connectivity index (χ3v) is 3.84. The Morgan fingerprint density at radius 3 is 2.55 bits per heavy atom. The molecule has 0 bridgehead atoms. The average Bonchev–Trinajstić information content (AvgIpc) is 2.95. The van der Waals surface area contributed by atoms with E-state index in [-0.39, 0.29) is 6.61 Å². The van der Waals surface area contributed by atoms with E-state index in [2.05, 4.69) is 10.3 Å². The number of benzene rings is 2. The van der Waals surface area contributed by atoms with Crippen molar-refractivity contribution in [3.05, 3.63) is 60.2 Å². The second-order valence-corrected chi connectivity index (χ2v) is 5.51. The fraction of sp³-hybridized carbons (Fsp3) is 0.0625. The summed E-state index contributed by atoms with van der Waals surface area (Å²) in [5.41, 5.74) is 1.24. The molecule has 1 N–H and O–H groups in total. The zero-order valence-electron chi connectivity index (χ0n) is 11.5. The van der Waals surface area contributed by atoms with Gasteiger partial charge in [-0.3, -0.25) is 10.1 Å². The lowest BCUT2D eigenvalue weighted by molar-refractivity contribution is -0.119. The summed E-state index contributed by atoms with van der Waals surface area (Å²) in [4.78, 5) is 27.8. The number of aromatic nitrogens is 1. The fourth-order valence-electron chi connectivity index (χ4n) is 1.87. The molecule has 0 aliphatic carbocycles. The molecule has 110 valence electrons. The number of hydrogen-bond acceptors (Lipinski definition) is 5. The predicted octanol–water partition coefficient (Wildman–Crippen LogP) is 3.09. The Morgan fingerprint density at radius 1 is 1.05 bits per heavy atom. The van der Waals surface area contributed by atoms with Crippen molar-refractivity contribution < 1.29 is 14.3 Å². The van der Waals surface area contributed by atoms with Crippen molar-refractivity contribution in [2.45, 2.75) is 0 Å². The van der Waals surface area contributed by atoms with Gasteiger partial charge in [0.25, 0.3) is 5.91 Å².